The zero-order valence-electron chi connectivity index (χ0n) is 12.6. The number of carbonyl (C=O) groups excluding carboxylic acids is 1. The third-order valence-corrected chi connectivity index (χ3v) is 3.76. The third kappa shape index (κ3) is 3.33. The van der Waals surface area contributed by atoms with Crippen LogP contribution < -0.4 is 0 Å². The van der Waals surface area contributed by atoms with E-state index < -0.39 is 0 Å². The number of benzene rings is 1. The summed E-state index contributed by atoms with van der Waals surface area (Å²) in [5.41, 5.74) is 2.02. The molecule has 22 heavy (non-hydrogen) atoms. The number of rotatable bonds is 4. The lowest BCUT2D eigenvalue weighted by Crippen LogP contribution is -2.40. The highest BCUT2D eigenvalue weighted by molar-refractivity contribution is 5.76. The largest absolute Gasteiger partial charge is 0.421 e. The average molecular weight is 301 g/mol. The molecule has 1 aromatic heterocycles. The molecule has 0 atom stereocenters. The summed E-state index contributed by atoms with van der Waals surface area (Å²) >= 11 is 0. The van der Waals surface area contributed by atoms with E-state index in [0.29, 0.717) is 50.9 Å². The van der Waals surface area contributed by atoms with Crippen LogP contribution in [-0.2, 0) is 16.0 Å². The number of aromatic nitrogens is 2. The fraction of sp³-hybridized carbons (Fsp3) is 0.438. The zero-order chi connectivity index (χ0) is 15.4. The number of ether oxygens (including phenoxy) is 1. The number of morpholine rings is 1. The van der Waals surface area contributed by atoms with Gasteiger partial charge in [0.05, 0.1) is 13.2 Å². The van der Waals surface area contributed by atoms with E-state index in [9.17, 15) is 4.79 Å². The molecule has 0 spiro atoms. The van der Waals surface area contributed by atoms with Crippen molar-refractivity contribution in [1.82, 2.24) is 15.1 Å². The first-order valence-electron chi connectivity index (χ1n) is 7.48. The summed E-state index contributed by atoms with van der Waals surface area (Å²) in [5.74, 6) is 1.12. The average Bonchev–Trinajstić information content (AvgIpc) is 3.02. The van der Waals surface area contributed by atoms with Crippen molar-refractivity contribution in [3.63, 3.8) is 0 Å². The molecule has 1 amide bonds. The highest BCUT2D eigenvalue weighted by atomic mass is 16.5. The van der Waals surface area contributed by atoms with Gasteiger partial charge in [-0.15, -0.1) is 10.2 Å². The summed E-state index contributed by atoms with van der Waals surface area (Å²) < 4.78 is 10.9. The van der Waals surface area contributed by atoms with Gasteiger partial charge in [0.15, 0.2) is 0 Å². The van der Waals surface area contributed by atoms with Gasteiger partial charge in [-0.1, -0.05) is 18.2 Å². The first-order chi connectivity index (χ1) is 10.7. The van der Waals surface area contributed by atoms with Gasteiger partial charge in [0, 0.05) is 31.5 Å². The first kappa shape index (κ1) is 14.7. The Morgan fingerprint density at radius 3 is 2.77 bits per heavy atom. The van der Waals surface area contributed by atoms with Crippen molar-refractivity contribution in [2.45, 2.75) is 19.8 Å². The zero-order valence-corrected chi connectivity index (χ0v) is 12.6. The van der Waals surface area contributed by atoms with Crippen LogP contribution in [0.5, 0.6) is 0 Å². The van der Waals surface area contributed by atoms with E-state index in [0.717, 1.165) is 11.1 Å². The predicted octanol–water partition coefficient (Wildman–Crippen LogP) is 1.84. The topological polar surface area (TPSA) is 68.5 Å². The minimum Gasteiger partial charge on any atom is -0.421 e. The quantitative estimate of drug-likeness (QED) is 0.862. The van der Waals surface area contributed by atoms with Crippen LogP contribution in [0.25, 0.3) is 11.5 Å². The molecule has 3 rings (SSSR count). The fourth-order valence-electron chi connectivity index (χ4n) is 2.46. The molecule has 1 aliphatic heterocycles. The number of aryl methyl sites for hydroxylation is 2. The summed E-state index contributed by atoms with van der Waals surface area (Å²) in [5, 5.41) is 8.11. The highest BCUT2D eigenvalue weighted by Gasteiger charge is 2.18. The second-order valence-electron chi connectivity index (χ2n) is 5.31. The number of amides is 1. The number of hydrogen-bond donors (Lipinski definition) is 0. The van der Waals surface area contributed by atoms with Crippen LogP contribution in [-0.4, -0.2) is 47.3 Å². The molecule has 1 saturated heterocycles. The molecule has 0 unspecified atom stereocenters. The molecule has 1 fully saturated rings. The Morgan fingerprint density at radius 2 is 2.00 bits per heavy atom. The second kappa shape index (κ2) is 6.70. The van der Waals surface area contributed by atoms with Crippen molar-refractivity contribution in [1.29, 1.82) is 0 Å². The molecule has 0 saturated carbocycles. The molecule has 0 aliphatic carbocycles. The van der Waals surface area contributed by atoms with E-state index in [1.165, 1.54) is 0 Å². The van der Waals surface area contributed by atoms with E-state index >= 15 is 0 Å². The Bertz CT molecular complexity index is 648. The van der Waals surface area contributed by atoms with E-state index in [1.54, 1.807) is 0 Å². The van der Waals surface area contributed by atoms with Gasteiger partial charge in [0.1, 0.15) is 0 Å². The molecule has 6 nitrogen and oxygen atoms in total. The molecular weight excluding hydrogens is 282 g/mol. The molecule has 1 aliphatic rings. The SMILES string of the molecule is Cc1ccccc1-c1nnc(CCC(=O)N2CCOCC2)o1. The van der Waals surface area contributed by atoms with Gasteiger partial charge < -0.3 is 14.1 Å². The van der Waals surface area contributed by atoms with Gasteiger partial charge in [-0.2, -0.15) is 0 Å². The maximum absolute atomic E-state index is 12.1. The molecule has 1 aromatic carbocycles. The number of carbonyl (C=O) groups is 1. The predicted molar refractivity (Wildman–Crippen MR) is 80.2 cm³/mol. The van der Waals surface area contributed by atoms with Crippen molar-refractivity contribution in [3.05, 3.63) is 35.7 Å². The van der Waals surface area contributed by atoms with E-state index in [2.05, 4.69) is 10.2 Å². The smallest absolute Gasteiger partial charge is 0.247 e. The molecular formula is C16H19N3O3. The van der Waals surface area contributed by atoms with Crippen LogP contribution in [0.15, 0.2) is 28.7 Å². The fourth-order valence-corrected chi connectivity index (χ4v) is 2.46. The Balaban J connectivity index is 1.60. The van der Waals surface area contributed by atoms with Crippen molar-refractivity contribution >= 4 is 5.91 Å². The second-order valence-corrected chi connectivity index (χ2v) is 5.31. The van der Waals surface area contributed by atoms with E-state index in [4.69, 9.17) is 9.15 Å². The maximum Gasteiger partial charge on any atom is 0.247 e. The van der Waals surface area contributed by atoms with Crippen LogP contribution >= 0.6 is 0 Å². The van der Waals surface area contributed by atoms with E-state index in [1.807, 2.05) is 36.1 Å². The Kier molecular flexibility index (Phi) is 4.48. The van der Waals surface area contributed by atoms with Crippen LogP contribution in [0.2, 0.25) is 0 Å². The summed E-state index contributed by atoms with van der Waals surface area (Å²) in [6.07, 6.45) is 0.852. The summed E-state index contributed by atoms with van der Waals surface area (Å²) in [4.78, 5) is 13.9. The van der Waals surface area contributed by atoms with Gasteiger partial charge in [0.25, 0.3) is 0 Å². The highest BCUT2D eigenvalue weighted by Crippen LogP contribution is 2.21. The minimum absolute atomic E-state index is 0.110. The van der Waals surface area contributed by atoms with E-state index in [-0.39, 0.29) is 5.91 Å². The van der Waals surface area contributed by atoms with Gasteiger partial charge >= 0.3 is 0 Å². The standard InChI is InChI=1S/C16H19N3O3/c1-12-4-2-3-5-13(12)16-18-17-14(22-16)6-7-15(20)19-8-10-21-11-9-19/h2-5H,6-11H2,1H3. The molecule has 0 radical (unpaired) electrons. The van der Waals surface area contributed by atoms with Crippen molar-refractivity contribution in [2.24, 2.45) is 0 Å². The normalized spacial score (nSPS) is 15.0. The molecule has 6 heteroatoms. The summed E-state index contributed by atoms with van der Waals surface area (Å²) in [6.45, 7) is 4.56. The number of hydrogen-bond acceptors (Lipinski definition) is 5. The Labute approximate surface area is 129 Å². The van der Waals surface area contributed by atoms with Crippen LogP contribution in [0.3, 0.4) is 0 Å². The van der Waals surface area contributed by atoms with Gasteiger partial charge in [0.2, 0.25) is 17.7 Å². The molecule has 0 N–H and O–H groups in total. The van der Waals surface area contributed by atoms with Gasteiger partial charge in [-0.3, -0.25) is 4.79 Å². The lowest BCUT2D eigenvalue weighted by Gasteiger charge is -2.26. The first-order valence-corrected chi connectivity index (χ1v) is 7.48. The molecule has 2 aromatic rings. The molecule has 116 valence electrons. The van der Waals surface area contributed by atoms with Gasteiger partial charge in [-0.05, 0) is 18.6 Å². The van der Waals surface area contributed by atoms with Crippen LogP contribution in [0.4, 0.5) is 0 Å². The van der Waals surface area contributed by atoms with Crippen molar-refractivity contribution < 1.29 is 13.9 Å². The molecule has 2 heterocycles. The van der Waals surface area contributed by atoms with Crippen molar-refractivity contribution in [2.75, 3.05) is 26.3 Å². The van der Waals surface area contributed by atoms with Crippen molar-refractivity contribution in [3.8, 4) is 11.5 Å². The lowest BCUT2D eigenvalue weighted by molar-refractivity contribution is -0.135. The van der Waals surface area contributed by atoms with Crippen LogP contribution in [0.1, 0.15) is 17.9 Å². The third-order valence-electron chi connectivity index (χ3n) is 3.76. The Morgan fingerprint density at radius 1 is 1.23 bits per heavy atom. The minimum atomic E-state index is 0.110. The molecule has 0 bridgehead atoms. The lowest BCUT2D eigenvalue weighted by atomic mass is 10.1. The maximum atomic E-state index is 12.1. The monoisotopic (exact) mass is 301 g/mol. The Hall–Kier alpha value is -2.21. The van der Waals surface area contributed by atoms with Gasteiger partial charge in [-0.25, -0.2) is 0 Å². The summed E-state index contributed by atoms with van der Waals surface area (Å²) in [6, 6.07) is 7.86. The van der Waals surface area contributed by atoms with Crippen LogP contribution in [0, 0.1) is 6.92 Å². The summed E-state index contributed by atoms with van der Waals surface area (Å²) in [7, 11) is 0. The number of nitrogens with zero attached hydrogens (tertiary/aromatic N) is 3.